The number of unbranched alkanes of at least 4 members (excludes halogenated alkanes) is 1. The number of hydrogen-bond acceptors (Lipinski definition) is 3. The van der Waals surface area contributed by atoms with Gasteiger partial charge in [-0.1, -0.05) is 39.5 Å². The third kappa shape index (κ3) is 6.49. The quantitative estimate of drug-likeness (QED) is 0.653. The number of carbonyl (C=O) groups excluding carboxylic acids is 1. The van der Waals surface area contributed by atoms with Gasteiger partial charge in [0, 0.05) is 0 Å². The Morgan fingerprint density at radius 2 is 1.71 bits per heavy atom. The maximum absolute atomic E-state index is 12.0. The number of ether oxygens (including phenoxy) is 1. The molecule has 0 aromatic carbocycles. The number of rotatable bonds is 9. The van der Waals surface area contributed by atoms with Crippen molar-refractivity contribution >= 4 is 11.9 Å². The van der Waals surface area contributed by atoms with Crippen molar-refractivity contribution in [1.82, 2.24) is 0 Å². The Hall–Kier alpha value is -1.06. The first-order valence-electron chi connectivity index (χ1n) is 8.47. The minimum absolute atomic E-state index is 0.0867. The molecule has 0 aromatic rings. The molecule has 1 rings (SSSR count). The lowest BCUT2D eigenvalue weighted by Gasteiger charge is -2.24. The van der Waals surface area contributed by atoms with Crippen molar-refractivity contribution in [2.75, 3.05) is 6.61 Å². The van der Waals surface area contributed by atoms with Crippen LogP contribution in [0.3, 0.4) is 0 Å². The lowest BCUT2D eigenvalue weighted by Crippen LogP contribution is -2.27. The van der Waals surface area contributed by atoms with E-state index in [-0.39, 0.29) is 17.8 Å². The molecule has 1 aliphatic rings. The van der Waals surface area contributed by atoms with Crippen molar-refractivity contribution in [2.24, 2.45) is 17.8 Å². The summed E-state index contributed by atoms with van der Waals surface area (Å²) in [6, 6.07) is 0. The first-order valence-corrected chi connectivity index (χ1v) is 8.47. The van der Waals surface area contributed by atoms with E-state index in [4.69, 9.17) is 9.84 Å². The SMILES string of the molecule is CCCCC(CC)CCOC(=O)C1CCC(C(=O)O)CC1. The van der Waals surface area contributed by atoms with Crippen LogP contribution >= 0.6 is 0 Å². The Morgan fingerprint density at radius 3 is 2.24 bits per heavy atom. The molecule has 0 aliphatic heterocycles. The van der Waals surface area contributed by atoms with Gasteiger partial charge in [0.1, 0.15) is 0 Å². The highest BCUT2D eigenvalue weighted by molar-refractivity contribution is 5.74. The predicted octanol–water partition coefficient (Wildman–Crippen LogP) is 4.03. The number of esters is 1. The van der Waals surface area contributed by atoms with Crippen LogP contribution in [-0.4, -0.2) is 23.7 Å². The Kier molecular flexibility index (Phi) is 8.40. The second-order valence-electron chi connectivity index (χ2n) is 6.26. The summed E-state index contributed by atoms with van der Waals surface area (Å²) in [5, 5.41) is 8.95. The minimum Gasteiger partial charge on any atom is -0.481 e. The second-order valence-corrected chi connectivity index (χ2v) is 6.26. The van der Waals surface area contributed by atoms with Crippen LogP contribution in [0.5, 0.6) is 0 Å². The highest BCUT2D eigenvalue weighted by Gasteiger charge is 2.30. The van der Waals surface area contributed by atoms with Gasteiger partial charge in [-0.15, -0.1) is 0 Å². The molecule has 1 unspecified atom stereocenters. The van der Waals surface area contributed by atoms with Gasteiger partial charge in [0.15, 0.2) is 0 Å². The van der Waals surface area contributed by atoms with Gasteiger partial charge < -0.3 is 9.84 Å². The van der Waals surface area contributed by atoms with Crippen LogP contribution < -0.4 is 0 Å². The van der Waals surface area contributed by atoms with Crippen LogP contribution in [0.1, 0.15) is 71.6 Å². The molecule has 21 heavy (non-hydrogen) atoms. The van der Waals surface area contributed by atoms with Crippen molar-refractivity contribution in [3.63, 3.8) is 0 Å². The monoisotopic (exact) mass is 298 g/mol. The molecule has 4 heteroatoms. The van der Waals surface area contributed by atoms with E-state index >= 15 is 0 Å². The molecule has 0 spiro atoms. The number of carboxylic acid groups (broad SMARTS) is 1. The predicted molar refractivity (Wildman–Crippen MR) is 82.0 cm³/mol. The van der Waals surface area contributed by atoms with E-state index in [1.807, 2.05) is 0 Å². The summed E-state index contributed by atoms with van der Waals surface area (Å²) in [5.74, 6) is -0.558. The summed E-state index contributed by atoms with van der Waals surface area (Å²) in [6.07, 6.45) is 8.27. The summed E-state index contributed by atoms with van der Waals surface area (Å²) in [6.45, 7) is 4.90. The average molecular weight is 298 g/mol. The van der Waals surface area contributed by atoms with Gasteiger partial charge in [-0.3, -0.25) is 9.59 Å². The van der Waals surface area contributed by atoms with Crippen molar-refractivity contribution in [3.8, 4) is 0 Å². The molecular formula is C17H30O4. The largest absolute Gasteiger partial charge is 0.481 e. The summed E-state index contributed by atoms with van der Waals surface area (Å²) in [7, 11) is 0. The smallest absolute Gasteiger partial charge is 0.308 e. The van der Waals surface area contributed by atoms with Gasteiger partial charge in [-0.05, 0) is 38.0 Å². The van der Waals surface area contributed by atoms with E-state index < -0.39 is 5.97 Å². The van der Waals surface area contributed by atoms with Crippen LogP contribution in [0, 0.1) is 17.8 Å². The molecule has 1 saturated carbocycles. The first-order chi connectivity index (χ1) is 10.1. The number of aliphatic carboxylic acids is 1. The molecule has 0 saturated heterocycles. The fraction of sp³-hybridized carbons (Fsp3) is 0.882. The number of hydrogen-bond donors (Lipinski definition) is 1. The zero-order chi connectivity index (χ0) is 15.7. The Bertz CT molecular complexity index is 319. The van der Waals surface area contributed by atoms with Gasteiger partial charge in [0.25, 0.3) is 0 Å². The van der Waals surface area contributed by atoms with Crippen LogP contribution in [0.2, 0.25) is 0 Å². The molecule has 0 amide bonds. The highest BCUT2D eigenvalue weighted by Crippen LogP contribution is 2.29. The zero-order valence-electron chi connectivity index (χ0n) is 13.5. The molecule has 1 aliphatic carbocycles. The van der Waals surface area contributed by atoms with Crippen LogP contribution in [0.4, 0.5) is 0 Å². The van der Waals surface area contributed by atoms with E-state index in [1.54, 1.807) is 0 Å². The van der Waals surface area contributed by atoms with Crippen LogP contribution in [0.25, 0.3) is 0 Å². The van der Waals surface area contributed by atoms with Crippen molar-refractivity contribution in [2.45, 2.75) is 71.6 Å². The lowest BCUT2D eigenvalue weighted by atomic mass is 9.82. The maximum Gasteiger partial charge on any atom is 0.308 e. The van der Waals surface area contributed by atoms with E-state index in [9.17, 15) is 9.59 Å². The number of carbonyl (C=O) groups is 2. The van der Waals surface area contributed by atoms with Crippen LogP contribution in [-0.2, 0) is 14.3 Å². The van der Waals surface area contributed by atoms with Gasteiger partial charge in [0.2, 0.25) is 0 Å². The summed E-state index contributed by atoms with van der Waals surface area (Å²) in [5.41, 5.74) is 0. The summed E-state index contributed by atoms with van der Waals surface area (Å²) < 4.78 is 5.40. The molecule has 122 valence electrons. The Balaban J connectivity index is 2.20. The van der Waals surface area contributed by atoms with Crippen molar-refractivity contribution in [1.29, 1.82) is 0 Å². The van der Waals surface area contributed by atoms with Gasteiger partial charge in [-0.2, -0.15) is 0 Å². The standard InChI is InChI=1S/C17H30O4/c1-3-5-6-13(4-2)11-12-21-17(20)15-9-7-14(8-10-15)16(18)19/h13-15H,3-12H2,1-2H3,(H,18,19). The fourth-order valence-corrected chi connectivity index (χ4v) is 3.07. The fourth-order valence-electron chi connectivity index (χ4n) is 3.07. The molecule has 4 nitrogen and oxygen atoms in total. The molecule has 0 heterocycles. The van der Waals surface area contributed by atoms with Crippen LogP contribution in [0.15, 0.2) is 0 Å². The molecule has 1 atom stereocenters. The molecule has 1 fully saturated rings. The summed E-state index contributed by atoms with van der Waals surface area (Å²) >= 11 is 0. The average Bonchev–Trinajstić information content (AvgIpc) is 2.50. The topological polar surface area (TPSA) is 63.6 Å². The van der Waals surface area contributed by atoms with Gasteiger partial charge in [-0.25, -0.2) is 0 Å². The second kappa shape index (κ2) is 9.80. The van der Waals surface area contributed by atoms with E-state index in [0.717, 1.165) is 12.8 Å². The maximum atomic E-state index is 12.0. The van der Waals surface area contributed by atoms with E-state index in [1.165, 1.54) is 19.3 Å². The molecule has 1 N–H and O–H groups in total. The number of carboxylic acids is 1. The summed E-state index contributed by atoms with van der Waals surface area (Å²) in [4.78, 5) is 22.9. The minimum atomic E-state index is -0.733. The molecule has 0 aromatic heterocycles. The Morgan fingerprint density at radius 1 is 1.10 bits per heavy atom. The van der Waals surface area contributed by atoms with Gasteiger partial charge >= 0.3 is 11.9 Å². The van der Waals surface area contributed by atoms with Gasteiger partial charge in [0.05, 0.1) is 18.4 Å². The highest BCUT2D eigenvalue weighted by atomic mass is 16.5. The van der Waals surface area contributed by atoms with E-state index in [2.05, 4.69) is 13.8 Å². The molecule has 0 bridgehead atoms. The van der Waals surface area contributed by atoms with Crippen molar-refractivity contribution < 1.29 is 19.4 Å². The third-order valence-corrected chi connectivity index (χ3v) is 4.72. The molecule has 0 radical (unpaired) electrons. The Labute approximate surface area is 128 Å². The lowest BCUT2D eigenvalue weighted by molar-refractivity contribution is -0.153. The zero-order valence-corrected chi connectivity index (χ0v) is 13.5. The normalized spacial score (nSPS) is 23.5. The molecular weight excluding hydrogens is 268 g/mol. The van der Waals surface area contributed by atoms with E-state index in [0.29, 0.717) is 38.2 Å². The third-order valence-electron chi connectivity index (χ3n) is 4.72. The first kappa shape index (κ1) is 18.0. The van der Waals surface area contributed by atoms with Crippen molar-refractivity contribution in [3.05, 3.63) is 0 Å².